The van der Waals surface area contributed by atoms with Crippen LogP contribution in [0.25, 0.3) is 0 Å². The van der Waals surface area contributed by atoms with Crippen molar-refractivity contribution in [2.75, 3.05) is 25.1 Å². The molecule has 0 aromatic heterocycles. The van der Waals surface area contributed by atoms with Crippen LogP contribution in [0.2, 0.25) is 0 Å². The molecule has 19 heavy (non-hydrogen) atoms. The van der Waals surface area contributed by atoms with Gasteiger partial charge in [-0.25, -0.2) is 4.79 Å². The second-order valence-corrected chi connectivity index (χ2v) is 6.64. The van der Waals surface area contributed by atoms with Crippen molar-refractivity contribution in [3.63, 3.8) is 0 Å². The average molecular weight is 286 g/mol. The van der Waals surface area contributed by atoms with Gasteiger partial charge in [0, 0.05) is 31.1 Å². The van der Waals surface area contributed by atoms with Crippen LogP contribution >= 0.6 is 11.8 Å². The zero-order chi connectivity index (χ0) is 14.0. The van der Waals surface area contributed by atoms with Gasteiger partial charge < -0.3 is 14.9 Å². The molecule has 0 radical (unpaired) electrons. The summed E-state index contributed by atoms with van der Waals surface area (Å²) >= 11 is 1.73. The molecule has 1 saturated carbocycles. The summed E-state index contributed by atoms with van der Waals surface area (Å²) in [6, 6.07) is 0.0797. The SMILES string of the molecule is CC(C1CC1)N(C)C(=O)N1CCSCC1CC(=O)O. The average Bonchev–Trinajstić information content (AvgIpc) is 3.20. The van der Waals surface area contributed by atoms with Gasteiger partial charge in [0.15, 0.2) is 0 Å². The van der Waals surface area contributed by atoms with Crippen molar-refractivity contribution in [3.8, 4) is 0 Å². The Morgan fingerprint density at radius 1 is 1.47 bits per heavy atom. The standard InChI is InChI=1S/C13H22N2O3S/c1-9(10-3-4-10)14(2)13(18)15-5-6-19-8-11(15)7-12(16)17/h9-11H,3-8H2,1-2H3,(H,16,17). The second kappa shape index (κ2) is 6.03. The normalized spacial score (nSPS) is 24.9. The van der Waals surface area contributed by atoms with E-state index >= 15 is 0 Å². The number of carboxylic acid groups (broad SMARTS) is 1. The zero-order valence-electron chi connectivity index (χ0n) is 11.5. The zero-order valence-corrected chi connectivity index (χ0v) is 12.4. The highest BCUT2D eigenvalue weighted by molar-refractivity contribution is 7.99. The monoisotopic (exact) mass is 286 g/mol. The number of nitrogens with zero attached hydrogens (tertiary/aromatic N) is 2. The van der Waals surface area contributed by atoms with E-state index in [-0.39, 0.29) is 24.5 Å². The first-order valence-electron chi connectivity index (χ1n) is 6.83. The Morgan fingerprint density at radius 3 is 2.74 bits per heavy atom. The third kappa shape index (κ3) is 3.55. The van der Waals surface area contributed by atoms with E-state index in [0.717, 1.165) is 11.5 Å². The van der Waals surface area contributed by atoms with Gasteiger partial charge >= 0.3 is 12.0 Å². The summed E-state index contributed by atoms with van der Waals surface area (Å²) in [7, 11) is 1.84. The fraction of sp³-hybridized carbons (Fsp3) is 0.846. The van der Waals surface area contributed by atoms with Gasteiger partial charge in [0.1, 0.15) is 0 Å². The number of amides is 2. The number of carbonyl (C=O) groups is 2. The molecule has 0 aromatic carbocycles. The van der Waals surface area contributed by atoms with Crippen LogP contribution in [0.15, 0.2) is 0 Å². The lowest BCUT2D eigenvalue weighted by Crippen LogP contribution is -2.53. The number of carbonyl (C=O) groups excluding carboxylic acids is 1. The van der Waals surface area contributed by atoms with Crippen LogP contribution in [0.5, 0.6) is 0 Å². The Hall–Kier alpha value is -0.910. The summed E-state index contributed by atoms with van der Waals surface area (Å²) in [6.45, 7) is 2.74. The minimum absolute atomic E-state index is 0.00838. The van der Waals surface area contributed by atoms with E-state index in [0.29, 0.717) is 12.5 Å². The minimum atomic E-state index is -0.830. The van der Waals surface area contributed by atoms with Crippen LogP contribution in [0.1, 0.15) is 26.2 Å². The molecule has 1 saturated heterocycles. The highest BCUT2D eigenvalue weighted by Gasteiger charge is 2.36. The van der Waals surface area contributed by atoms with Crippen molar-refractivity contribution >= 4 is 23.8 Å². The van der Waals surface area contributed by atoms with Gasteiger partial charge in [-0.1, -0.05) is 0 Å². The molecule has 0 aromatic rings. The Labute approximate surface area is 118 Å². The summed E-state index contributed by atoms with van der Waals surface area (Å²) in [5, 5.41) is 8.95. The predicted molar refractivity (Wildman–Crippen MR) is 75.4 cm³/mol. The summed E-state index contributed by atoms with van der Waals surface area (Å²) in [6.07, 6.45) is 2.45. The molecule has 2 rings (SSSR count). The van der Waals surface area contributed by atoms with Gasteiger partial charge in [-0.2, -0.15) is 11.8 Å². The molecule has 0 spiro atoms. The molecular formula is C13H22N2O3S. The van der Waals surface area contributed by atoms with Crippen molar-refractivity contribution in [1.82, 2.24) is 9.80 Å². The van der Waals surface area contributed by atoms with Gasteiger partial charge in [-0.3, -0.25) is 4.79 Å². The Kier molecular flexibility index (Phi) is 4.60. The molecule has 0 bridgehead atoms. The van der Waals surface area contributed by atoms with Crippen LogP contribution in [0.4, 0.5) is 4.79 Å². The third-order valence-corrected chi connectivity index (χ3v) is 5.19. The number of hydrogen-bond acceptors (Lipinski definition) is 3. The number of aliphatic carboxylic acids is 1. The highest BCUT2D eigenvalue weighted by Crippen LogP contribution is 2.35. The van der Waals surface area contributed by atoms with E-state index in [4.69, 9.17) is 5.11 Å². The van der Waals surface area contributed by atoms with Crippen LogP contribution in [0.3, 0.4) is 0 Å². The fourth-order valence-electron chi connectivity index (χ4n) is 2.55. The molecular weight excluding hydrogens is 264 g/mol. The van der Waals surface area contributed by atoms with E-state index in [2.05, 4.69) is 6.92 Å². The third-order valence-electron chi connectivity index (χ3n) is 4.10. The van der Waals surface area contributed by atoms with Crippen molar-refractivity contribution < 1.29 is 14.7 Å². The molecule has 2 aliphatic rings. The maximum atomic E-state index is 12.5. The van der Waals surface area contributed by atoms with Gasteiger partial charge in [-0.05, 0) is 25.7 Å². The van der Waals surface area contributed by atoms with Crippen LogP contribution in [-0.2, 0) is 4.79 Å². The number of hydrogen-bond donors (Lipinski definition) is 1. The first-order chi connectivity index (χ1) is 9.00. The molecule has 2 atom stereocenters. The number of carboxylic acids is 1. The predicted octanol–water partition coefficient (Wildman–Crippen LogP) is 1.73. The van der Waals surface area contributed by atoms with Crippen molar-refractivity contribution in [2.45, 2.75) is 38.3 Å². The van der Waals surface area contributed by atoms with Crippen LogP contribution in [0, 0.1) is 5.92 Å². The molecule has 2 fully saturated rings. The quantitative estimate of drug-likeness (QED) is 0.855. The fourth-order valence-corrected chi connectivity index (χ4v) is 3.61. The molecule has 5 nitrogen and oxygen atoms in total. The van der Waals surface area contributed by atoms with Crippen molar-refractivity contribution in [3.05, 3.63) is 0 Å². The Balaban J connectivity index is 1.99. The van der Waals surface area contributed by atoms with Gasteiger partial charge in [0.05, 0.1) is 12.5 Å². The van der Waals surface area contributed by atoms with Crippen molar-refractivity contribution in [2.24, 2.45) is 5.92 Å². The summed E-state index contributed by atoms with van der Waals surface area (Å²) < 4.78 is 0. The van der Waals surface area contributed by atoms with Gasteiger partial charge in [-0.15, -0.1) is 0 Å². The van der Waals surface area contributed by atoms with Gasteiger partial charge in [0.25, 0.3) is 0 Å². The molecule has 1 heterocycles. The lowest BCUT2D eigenvalue weighted by Gasteiger charge is -2.39. The molecule has 6 heteroatoms. The largest absolute Gasteiger partial charge is 0.481 e. The molecule has 2 unspecified atom stereocenters. The van der Waals surface area contributed by atoms with Crippen molar-refractivity contribution in [1.29, 1.82) is 0 Å². The number of thioether (sulfide) groups is 1. The lowest BCUT2D eigenvalue weighted by atomic mass is 10.1. The molecule has 1 aliphatic carbocycles. The first-order valence-corrected chi connectivity index (χ1v) is 7.99. The molecule has 1 N–H and O–H groups in total. The summed E-state index contributed by atoms with van der Waals surface area (Å²) in [5.41, 5.74) is 0. The van der Waals surface area contributed by atoms with E-state index < -0.39 is 5.97 Å². The van der Waals surface area contributed by atoms with Crippen LogP contribution in [-0.4, -0.2) is 64.1 Å². The van der Waals surface area contributed by atoms with E-state index in [1.807, 2.05) is 7.05 Å². The number of rotatable bonds is 4. The van der Waals surface area contributed by atoms with E-state index in [1.54, 1.807) is 21.6 Å². The van der Waals surface area contributed by atoms with E-state index in [1.165, 1.54) is 12.8 Å². The Morgan fingerprint density at radius 2 is 2.16 bits per heavy atom. The smallest absolute Gasteiger partial charge is 0.320 e. The minimum Gasteiger partial charge on any atom is -0.481 e. The maximum absolute atomic E-state index is 12.5. The highest BCUT2D eigenvalue weighted by atomic mass is 32.2. The lowest BCUT2D eigenvalue weighted by molar-refractivity contribution is -0.138. The molecule has 108 valence electrons. The van der Waals surface area contributed by atoms with E-state index in [9.17, 15) is 9.59 Å². The topological polar surface area (TPSA) is 60.9 Å². The summed E-state index contributed by atoms with van der Waals surface area (Å²) in [4.78, 5) is 27.0. The van der Waals surface area contributed by atoms with Crippen LogP contribution < -0.4 is 0 Å². The first kappa shape index (κ1) is 14.5. The van der Waals surface area contributed by atoms with Gasteiger partial charge in [0.2, 0.25) is 0 Å². The maximum Gasteiger partial charge on any atom is 0.320 e. The molecule has 2 amide bonds. The number of urea groups is 1. The summed E-state index contributed by atoms with van der Waals surface area (Å²) in [5.74, 6) is 1.42. The molecule has 1 aliphatic heterocycles. The second-order valence-electron chi connectivity index (χ2n) is 5.49. The Bertz CT molecular complexity index is 360.